The van der Waals surface area contributed by atoms with Crippen molar-refractivity contribution in [3.63, 3.8) is 0 Å². The second-order valence-electron chi connectivity index (χ2n) is 20.3. The van der Waals surface area contributed by atoms with E-state index in [0.29, 0.717) is 0 Å². The van der Waals surface area contributed by atoms with Crippen LogP contribution in [0.2, 0.25) is 0 Å². The zero-order chi connectivity index (χ0) is 50.2. The van der Waals surface area contributed by atoms with E-state index in [9.17, 15) is 0 Å². The minimum atomic E-state index is -2.70. The molecule has 0 atom stereocenters. The van der Waals surface area contributed by atoms with Gasteiger partial charge in [0.25, 0.3) is 0 Å². The second-order valence-corrected chi connectivity index (χ2v) is 24.1. The minimum Gasteiger partial charge on any atom is -0.309 e. The van der Waals surface area contributed by atoms with Gasteiger partial charge in [-0.25, -0.2) is 0 Å². The fourth-order valence-corrected chi connectivity index (χ4v) is 18.3. The lowest BCUT2D eigenvalue weighted by atomic mass is 9.66. The smallest absolute Gasteiger partial charge is 0.179 e. The lowest BCUT2D eigenvalue weighted by Crippen LogP contribution is -2.74. The predicted octanol–water partition coefficient (Wildman–Crippen LogP) is 15.3. The highest BCUT2D eigenvalue weighted by Gasteiger charge is 2.48. The average molecular weight is 983 g/mol. The van der Waals surface area contributed by atoms with Gasteiger partial charge in [0, 0.05) is 32.9 Å². The summed E-state index contributed by atoms with van der Waals surface area (Å²) >= 11 is 0. The van der Waals surface area contributed by atoms with Gasteiger partial charge in [-0.05, 0) is 114 Å². The van der Waals surface area contributed by atoms with E-state index in [0.717, 1.165) is 11.4 Å². The minimum absolute atomic E-state index is 0.540. The Kier molecular flexibility index (Phi) is 10.2. The van der Waals surface area contributed by atoms with Crippen molar-refractivity contribution in [2.24, 2.45) is 0 Å². The number of rotatable bonds is 9. The Bertz CT molecular complexity index is 4350. The van der Waals surface area contributed by atoms with Gasteiger partial charge < -0.3 is 9.13 Å². The van der Waals surface area contributed by atoms with Crippen molar-refractivity contribution >= 4 is 72.4 Å². The summed E-state index contributed by atoms with van der Waals surface area (Å²) in [4.78, 5) is 0. The fraction of sp³-hybridized carbons (Fsp3) is 0.0137. The molecular formula is C73H50N2Si. The highest BCUT2D eigenvalue weighted by Crippen LogP contribution is 2.59. The van der Waals surface area contributed by atoms with Gasteiger partial charge in [-0.15, -0.1) is 0 Å². The van der Waals surface area contributed by atoms with Crippen molar-refractivity contribution in [2.75, 3.05) is 0 Å². The monoisotopic (exact) mass is 982 g/mol. The number of hydrogen-bond donors (Lipinski definition) is 0. The summed E-state index contributed by atoms with van der Waals surface area (Å²) in [5, 5.41) is 10.4. The van der Waals surface area contributed by atoms with Crippen LogP contribution in [0.25, 0.3) is 77.2 Å². The third-order valence-corrected chi connectivity index (χ3v) is 21.4. The number of para-hydroxylation sites is 2. The normalized spacial score (nSPS) is 12.8. The molecule has 0 amide bonds. The number of hydrogen-bond acceptors (Lipinski definition) is 0. The third kappa shape index (κ3) is 6.33. The fourth-order valence-electron chi connectivity index (χ4n) is 13.6. The van der Waals surface area contributed by atoms with Gasteiger partial charge in [-0.2, -0.15) is 0 Å². The van der Waals surface area contributed by atoms with Crippen LogP contribution in [0.1, 0.15) is 22.3 Å². The SMILES string of the molecule is c1ccc(C2(c3ccccc3)c3ccccc3-c3cccc(-c4cccc5c4c4ccccc4n5-c4ccc5c(c4)c4ccccc4n5-c4ccc([Si](c5ccccc5)(c5ccccc5)c5ccccc5)cc4)c32)cc1. The topological polar surface area (TPSA) is 9.86 Å². The maximum absolute atomic E-state index is 2.70. The molecule has 0 N–H and O–H groups in total. The zero-order valence-corrected chi connectivity index (χ0v) is 42.8. The van der Waals surface area contributed by atoms with Gasteiger partial charge >= 0.3 is 0 Å². The molecule has 0 spiro atoms. The molecular weight excluding hydrogens is 933 g/mol. The Morgan fingerprint density at radius 3 is 1.29 bits per heavy atom. The zero-order valence-electron chi connectivity index (χ0n) is 41.8. The third-order valence-electron chi connectivity index (χ3n) is 16.6. The van der Waals surface area contributed by atoms with Crippen LogP contribution >= 0.6 is 0 Å². The molecule has 0 saturated heterocycles. The molecule has 1 aliphatic carbocycles. The molecule has 76 heavy (non-hydrogen) atoms. The molecule has 14 aromatic rings. The first-order valence-electron chi connectivity index (χ1n) is 26.4. The van der Waals surface area contributed by atoms with Crippen LogP contribution < -0.4 is 20.7 Å². The van der Waals surface area contributed by atoms with E-state index >= 15 is 0 Å². The number of fused-ring (bicyclic) bond motifs is 9. The molecule has 0 bridgehead atoms. The summed E-state index contributed by atoms with van der Waals surface area (Å²) in [7, 11) is -2.70. The molecule has 2 aromatic heterocycles. The summed E-state index contributed by atoms with van der Waals surface area (Å²) in [6.07, 6.45) is 0. The summed E-state index contributed by atoms with van der Waals surface area (Å²) in [5.74, 6) is 0. The Morgan fingerprint density at radius 2 is 0.671 bits per heavy atom. The predicted molar refractivity (Wildman–Crippen MR) is 321 cm³/mol. The summed E-state index contributed by atoms with van der Waals surface area (Å²) in [6, 6.07) is 113. The molecule has 1 aliphatic rings. The van der Waals surface area contributed by atoms with Gasteiger partial charge in [-0.3, -0.25) is 0 Å². The van der Waals surface area contributed by atoms with Gasteiger partial charge in [0.15, 0.2) is 8.07 Å². The van der Waals surface area contributed by atoms with Crippen LogP contribution in [0.3, 0.4) is 0 Å². The van der Waals surface area contributed by atoms with Crippen LogP contribution in [0.4, 0.5) is 0 Å². The van der Waals surface area contributed by atoms with Gasteiger partial charge in [-0.1, -0.05) is 255 Å². The maximum Gasteiger partial charge on any atom is 0.179 e. The first kappa shape index (κ1) is 44.0. The quantitative estimate of drug-likeness (QED) is 0.101. The Labute approximate surface area is 443 Å². The lowest BCUT2D eigenvalue weighted by molar-refractivity contribution is 0.770. The van der Waals surface area contributed by atoms with E-state index in [1.165, 1.54) is 109 Å². The highest BCUT2D eigenvalue weighted by molar-refractivity contribution is 7.19. The van der Waals surface area contributed by atoms with Gasteiger partial charge in [0.1, 0.15) is 0 Å². The molecule has 356 valence electrons. The maximum atomic E-state index is 2.50. The Morgan fingerprint density at radius 1 is 0.263 bits per heavy atom. The molecule has 2 nitrogen and oxygen atoms in total. The molecule has 0 fully saturated rings. The van der Waals surface area contributed by atoms with Crippen molar-refractivity contribution < 1.29 is 0 Å². The van der Waals surface area contributed by atoms with Gasteiger partial charge in [0.05, 0.1) is 27.5 Å². The van der Waals surface area contributed by atoms with Crippen molar-refractivity contribution in [1.29, 1.82) is 0 Å². The molecule has 12 aromatic carbocycles. The molecule has 0 unspecified atom stereocenters. The van der Waals surface area contributed by atoms with Crippen LogP contribution in [-0.2, 0) is 5.41 Å². The molecule has 0 aliphatic heterocycles. The van der Waals surface area contributed by atoms with E-state index in [4.69, 9.17) is 0 Å². The van der Waals surface area contributed by atoms with E-state index in [-0.39, 0.29) is 0 Å². The largest absolute Gasteiger partial charge is 0.309 e. The number of nitrogens with zero attached hydrogens (tertiary/aromatic N) is 2. The number of benzene rings is 12. The van der Waals surface area contributed by atoms with E-state index < -0.39 is 13.5 Å². The second kappa shape index (κ2) is 17.6. The Hall–Kier alpha value is -9.54. The Balaban J connectivity index is 0.918. The van der Waals surface area contributed by atoms with Crippen LogP contribution in [0.5, 0.6) is 0 Å². The van der Waals surface area contributed by atoms with Crippen molar-refractivity contribution in [1.82, 2.24) is 9.13 Å². The van der Waals surface area contributed by atoms with Crippen LogP contribution in [0.15, 0.2) is 303 Å². The molecule has 3 heteroatoms. The van der Waals surface area contributed by atoms with Crippen LogP contribution in [-0.4, -0.2) is 17.2 Å². The molecule has 15 rings (SSSR count). The van der Waals surface area contributed by atoms with Gasteiger partial charge in [0.2, 0.25) is 0 Å². The standard InChI is InChI=1S/C73H50N2Si/c1-6-24-51(25-7-1)73(52-26-8-2-9-27-52)66-40-19-16-34-59(66)62-38-22-39-63(72(62)73)61-37-23-43-70-71(61)64-36-18-21-42-68(64)75(70)54-46-49-69-65(50-54)60-35-17-20-41-67(60)74(69)53-44-47-58(48-45-53)76(55-28-10-3-11-29-55,56-30-12-4-13-31-56)57-32-14-5-15-33-57/h1-50H. The average Bonchev–Trinajstić information content (AvgIpc) is 4.18. The van der Waals surface area contributed by atoms with Crippen molar-refractivity contribution in [2.45, 2.75) is 5.41 Å². The number of aromatic nitrogens is 2. The lowest BCUT2D eigenvalue weighted by Gasteiger charge is -2.35. The summed E-state index contributed by atoms with van der Waals surface area (Å²) in [6.45, 7) is 0. The van der Waals surface area contributed by atoms with Crippen molar-refractivity contribution in [3.8, 4) is 33.6 Å². The van der Waals surface area contributed by atoms with E-state index in [1.54, 1.807) is 0 Å². The van der Waals surface area contributed by atoms with Crippen LogP contribution in [0, 0.1) is 0 Å². The van der Waals surface area contributed by atoms with E-state index in [1.807, 2.05) is 0 Å². The molecule has 2 heterocycles. The molecule has 0 radical (unpaired) electrons. The highest BCUT2D eigenvalue weighted by atomic mass is 28.3. The van der Waals surface area contributed by atoms with Crippen molar-refractivity contribution in [3.05, 3.63) is 326 Å². The summed E-state index contributed by atoms with van der Waals surface area (Å²) < 4.78 is 4.95. The first-order valence-corrected chi connectivity index (χ1v) is 28.4. The first-order chi connectivity index (χ1) is 37.7. The van der Waals surface area contributed by atoms with E-state index in [2.05, 4.69) is 312 Å². The molecule has 0 saturated carbocycles. The summed E-state index contributed by atoms with van der Waals surface area (Å²) in [5.41, 5.74) is 16.7.